The Kier molecular flexibility index (Phi) is 5.64. The summed E-state index contributed by atoms with van der Waals surface area (Å²) in [6, 6.07) is 6.24. The molecule has 0 bridgehead atoms. The third kappa shape index (κ3) is 4.56. The zero-order valence-electron chi connectivity index (χ0n) is 14.3. The Balaban J connectivity index is 1.96. The lowest BCUT2D eigenvalue weighted by Gasteiger charge is -2.32. The Morgan fingerprint density at radius 2 is 1.83 bits per heavy atom. The van der Waals surface area contributed by atoms with Gasteiger partial charge in [0, 0.05) is 36.9 Å². The minimum absolute atomic E-state index is 0.0332. The minimum Gasteiger partial charge on any atom is -0.342 e. The average molecular weight is 352 g/mol. The Bertz CT molecular complexity index is 720. The van der Waals surface area contributed by atoms with E-state index in [9.17, 15) is 18.0 Å². The number of anilines is 1. The van der Waals surface area contributed by atoms with Gasteiger partial charge in [0.2, 0.25) is 11.8 Å². The molecule has 1 aromatic carbocycles. The first-order valence-corrected chi connectivity index (χ1v) is 9.97. The monoisotopic (exact) mass is 352 g/mol. The summed E-state index contributed by atoms with van der Waals surface area (Å²) in [5.41, 5.74) is 0.476. The van der Waals surface area contributed by atoms with Crippen LogP contribution in [0, 0.1) is 11.8 Å². The van der Waals surface area contributed by atoms with Crippen LogP contribution in [-0.2, 0) is 19.4 Å². The summed E-state index contributed by atoms with van der Waals surface area (Å²) in [6.45, 7) is 4.91. The van der Waals surface area contributed by atoms with Crippen LogP contribution >= 0.6 is 0 Å². The number of rotatable bonds is 4. The fourth-order valence-corrected chi connectivity index (χ4v) is 3.44. The highest BCUT2D eigenvalue weighted by molar-refractivity contribution is 7.90. The second kappa shape index (κ2) is 7.34. The third-order valence-corrected chi connectivity index (χ3v) is 5.31. The minimum atomic E-state index is -3.31. The summed E-state index contributed by atoms with van der Waals surface area (Å²) in [5.74, 6) is -0.204. The summed E-state index contributed by atoms with van der Waals surface area (Å²) in [5, 5.41) is 2.78. The van der Waals surface area contributed by atoms with Crippen LogP contribution in [0.4, 0.5) is 5.69 Å². The van der Waals surface area contributed by atoms with Gasteiger partial charge < -0.3 is 10.2 Å². The summed E-state index contributed by atoms with van der Waals surface area (Å²) in [4.78, 5) is 26.3. The van der Waals surface area contributed by atoms with Gasteiger partial charge >= 0.3 is 0 Å². The predicted octanol–water partition coefficient (Wildman–Crippen LogP) is 1.92. The molecule has 1 N–H and O–H groups in total. The van der Waals surface area contributed by atoms with Crippen LogP contribution in [0.2, 0.25) is 0 Å². The molecule has 1 aromatic rings. The summed E-state index contributed by atoms with van der Waals surface area (Å²) < 4.78 is 23.2. The number of amides is 2. The number of hydrogen-bond acceptors (Lipinski definition) is 4. The maximum Gasteiger partial charge on any atom is 0.227 e. The Labute approximate surface area is 143 Å². The molecule has 1 heterocycles. The molecule has 24 heavy (non-hydrogen) atoms. The lowest BCUT2D eigenvalue weighted by molar-refractivity contribution is -0.137. The van der Waals surface area contributed by atoms with E-state index in [4.69, 9.17) is 0 Å². The molecule has 2 rings (SSSR count). The Hall–Kier alpha value is -1.89. The van der Waals surface area contributed by atoms with E-state index < -0.39 is 9.84 Å². The van der Waals surface area contributed by atoms with Crippen LogP contribution in [0.5, 0.6) is 0 Å². The maximum absolute atomic E-state index is 12.4. The number of likely N-dealkylation sites (tertiary alicyclic amines) is 1. The fraction of sp³-hybridized carbons (Fsp3) is 0.529. The molecule has 6 nitrogen and oxygen atoms in total. The van der Waals surface area contributed by atoms with Gasteiger partial charge in [-0.15, -0.1) is 0 Å². The quantitative estimate of drug-likeness (QED) is 0.897. The van der Waals surface area contributed by atoms with Gasteiger partial charge in [0.25, 0.3) is 0 Å². The van der Waals surface area contributed by atoms with Crippen LogP contribution in [0.3, 0.4) is 0 Å². The van der Waals surface area contributed by atoms with E-state index in [-0.39, 0.29) is 28.5 Å². The van der Waals surface area contributed by atoms with Crippen molar-refractivity contribution in [3.63, 3.8) is 0 Å². The molecule has 1 aliphatic heterocycles. The van der Waals surface area contributed by atoms with E-state index in [1.54, 1.807) is 17.0 Å². The van der Waals surface area contributed by atoms with Crippen molar-refractivity contribution in [1.29, 1.82) is 0 Å². The van der Waals surface area contributed by atoms with E-state index in [2.05, 4.69) is 5.32 Å². The molecule has 0 radical (unpaired) electrons. The normalized spacial score (nSPS) is 16.2. The maximum atomic E-state index is 12.4. The van der Waals surface area contributed by atoms with E-state index in [0.717, 1.165) is 6.26 Å². The number of carbonyl (C=O) groups excluding carboxylic acids is 2. The van der Waals surface area contributed by atoms with Crippen LogP contribution < -0.4 is 5.32 Å². The highest BCUT2D eigenvalue weighted by Crippen LogP contribution is 2.22. The van der Waals surface area contributed by atoms with Crippen molar-refractivity contribution in [3.8, 4) is 0 Å². The highest BCUT2D eigenvalue weighted by atomic mass is 32.2. The van der Waals surface area contributed by atoms with Gasteiger partial charge in [-0.05, 0) is 31.0 Å². The molecule has 0 saturated carbocycles. The van der Waals surface area contributed by atoms with Gasteiger partial charge in [0.1, 0.15) is 0 Å². The molecule has 132 valence electrons. The summed E-state index contributed by atoms with van der Waals surface area (Å²) >= 11 is 0. The van der Waals surface area contributed by atoms with E-state index in [0.29, 0.717) is 31.6 Å². The number of carbonyl (C=O) groups is 2. The Morgan fingerprint density at radius 1 is 1.21 bits per heavy atom. The molecule has 0 aromatic heterocycles. The van der Waals surface area contributed by atoms with Gasteiger partial charge in [-0.2, -0.15) is 0 Å². The number of sulfone groups is 1. The third-order valence-electron chi connectivity index (χ3n) is 4.20. The fourth-order valence-electron chi connectivity index (χ4n) is 2.78. The van der Waals surface area contributed by atoms with Crippen molar-refractivity contribution < 1.29 is 18.0 Å². The van der Waals surface area contributed by atoms with Crippen molar-refractivity contribution in [2.24, 2.45) is 11.8 Å². The molecule has 0 atom stereocenters. The largest absolute Gasteiger partial charge is 0.342 e. The topological polar surface area (TPSA) is 83.6 Å². The van der Waals surface area contributed by atoms with E-state index >= 15 is 0 Å². The van der Waals surface area contributed by atoms with Gasteiger partial charge in [0.05, 0.1) is 4.90 Å². The second-order valence-corrected chi connectivity index (χ2v) is 8.56. The summed E-state index contributed by atoms with van der Waals surface area (Å²) in [6.07, 6.45) is 2.38. The first-order chi connectivity index (χ1) is 11.2. The Morgan fingerprint density at radius 3 is 2.38 bits per heavy atom. The van der Waals surface area contributed by atoms with E-state index in [1.165, 1.54) is 12.1 Å². The standard InChI is InChI=1S/C17H24N2O4S/c1-12(2)17(21)19-9-7-13(8-10-19)16(20)18-14-5-4-6-15(11-14)24(3,22)23/h4-6,11-13H,7-10H2,1-3H3,(H,18,20). The molecule has 0 spiro atoms. The highest BCUT2D eigenvalue weighted by Gasteiger charge is 2.28. The SMILES string of the molecule is CC(C)C(=O)N1CCC(C(=O)Nc2cccc(S(C)(=O)=O)c2)CC1. The van der Waals surface area contributed by atoms with Gasteiger partial charge in [0.15, 0.2) is 9.84 Å². The first-order valence-electron chi connectivity index (χ1n) is 8.08. The average Bonchev–Trinajstić information content (AvgIpc) is 2.53. The number of nitrogens with zero attached hydrogens (tertiary/aromatic N) is 1. The zero-order valence-corrected chi connectivity index (χ0v) is 15.1. The number of piperidine rings is 1. The molecular formula is C17H24N2O4S. The number of benzene rings is 1. The van der Waals surface area contributed by atoms with Crippen molar-refractivity contribution in [1.82, 2.24) is 4.90 Å². The van der Waals surface area contributed by atoms with Crippen molar-refractivity contribution >= 4 is 27.3 Å². The van der Waals surface area contributed by atoms with Gasteiger partial charge in [-0.25, -0.2) is 8.42 Å². The molecule has 1 aliphatic rings. The summed E-state index contributed by atoms with van der Waals surface area (Å²) in [7, 11) is -3.31. The molecule has 1 saturated heterocycles. The van der Waals surface area contributed by atoms with Crippen molar-refractivity contribution in [2.45, 2.75) is 31.6 Å². The van der Waals surface area contributed by atoms with Crippen LogP contribution in [-0.4, -0.2) is 44.5 Å². The zero-order chi connectivity index (χ0) is 17.9. The molecule has 1 fully saturated rings. The molecule has 2 amide bonds. The molecule has 0 unspecified atom stereocenters. The molecule has 0 aliphatic carbocycles. The predicted molar refractivity (Wildman–Crippen MR) is 92.3 cm³/mol. The smallest absolute Gasteiger partial charge is 0.227 e. The first kappa shape index (κ1) is 18.4. The van der Waals surface area contributed by atoms with Crippen LogP contribution in [0.25, 0.3) is 0 Å². The van der Waals surface area contributed by atoms with Crippen molar-refractivity contribution in [2.75, 3.05) is 24.7 Å². The van der Waals surface area contributed by atoms with Crippen LogP contribution in [0.1, 0.15) is 26.7 Å². The lowest BCUT2D eigenvalue weighted by Crippen LogP contribution is -2.43. The van der Waals surface area contributed by atoms with Crippen LogP contribution in [0.15, 0.2) is 29.2 Å². The van der Waals surface area contributed by atoms with Crippen molar-refractivity contribution in [3.05, 3.63) is 24.3 Å². The van der Waals surface area contributed by atoms with Gasteiger partial charge in [-0.3, -0.25) is 9.59 Å². The molecule has 7 heteroatoms. The molecular weight excluding hydrogens is 328 g/mol. The van der Waals surface area contributed by atoms with Gasteiger partial charge in [-0.1, -0.05) is 19.9 Å². The second-order valence-electron chi connectivity index (χ2n) is 6.54. The number of nitrogens with one attached hydrogen (secondary N) is 1. The van der Waals surface area contributed by atoms with E-state index in [1.807, 2.05) is 13.8 Å². The lowest BCUT2D eigenvalue weighted by atomic mass is 9.95. The number of hydrogen-bond donors (Lipinski definition) is 1.